The number of hydrogen-bond donors (Lipinski definition) is 0. The third kappa shape index (κ3) is 4.76. The second kappa shape index (κ2) is 8.42. The van der Waals surface area contributed by atoms with Gasteiger partial charge in [-0.25, -0.2) is 0 Å². The van der Waals surface area contributed by atoms with Gasteiger partial charge in [0.05, 0.1) is 13.7 Å². The molecule has 0 bridgehead atoms. The maximum absolute atomic E-state index is 10.7. The van der Waals surface area contributed by atoms with Gasteiger partial charge in [-0.15, -0.1) is 0 Å². The van der Waals surface area contributed by atoms with Crippen molar-refractivity contribution in [1.82, 2.24) is 0 Å². The molecule has 0 spiro atoms. The fourth-order valence-corrected chi connectivity index (χ4v) is 2.64. The summed E-state index contributed by atoms with van der Waals surface area (Å²) < 4.78 is 10.5. The van der Waals surface area contributed by atoms with Crippen LogP contribution in [-0.4, -0.2) is 19.7 Å². The molecule has 0 heterocycles. The van der Waals surface area contributed by atoms with E-state index in [2.05, 4.69) is 30.3 Å². The first-order valence-electron chi connectivity index (χ1n) is 7.89. The lowest BCUT2D eigenvalue weighted by atomic mass is 10.0. The molecule has 0 unspecified atom stereocenters. The van der Waals surface area contributed by atoms with E-state index in [-0.39, 0.29) is 5.97 Å². The van der Waals surface area contributed by atoms with Crippen molar-refractivity contribution in [2.45, 2.75) is 39.0 Å². The van der Waals surface area contributed by atoms with E-state index >= 15 is 0 Å². The van der Waals surface area contributed by atoms with Crippen LogP contribution in [0.2, 0.25) is 0 Å². The number of esters is 1. The number of carbonyl (C=O) groups excluding carboxylic acids is 1. The van der Waals surface area contributed by atoms with Gasteiger partial charge in [0.25, 0.3) is 0 Å². The van der Waals surface area contributed by atoms with Crippen LogP contribution in [0, 0.1) is 0 Å². The highest BCUT2D eigenvalue weighted by Crippen LogP contribution is 2.27. The summed E-state index contributed by atoms with van der Waals surface area (Å²) in [7, 11) is 1.73. The molecule has 118 valence electrons. The van der Waals surface area contributed by atoms with Gasteiger partial charge in [0, 0.05) is 6.92 Å². The molecule has 22 heavy (non-hydrogen) atoms. The third-order valence-electron chi connectivity index (χ3n) is 3.79. The van der Waals surface area contributed by atoms with Gasteiger partial charge < -0.3 is 9.47 Å². The van der Waals surface area contributed by atoms with Crippen LogP contribution in [0.1, 0.15) is 38.2 Å². The second-order valence-electron chi connectivity index (χ2n) is 5.52. The molecule has 0 aliphatic heterocycles. The maximum atomic E-state index is 10.7. The number of carbonyl (C=O) groups is 1. The van der Waals surface area contributed by atoms with E-state index in [1.807, 2.05) is 6.07 Å². The zero-order valence-corrected chi connectivity index (χ0v) is 13.4. The van der Waals surface area contributed by atoms with Crippen molar-refractivity contribution in [2.24, 2.45) is 0 Å². The highest BCUT2D eigenvalue weighted by Gasteiger charge is 2.05. The van der Waals surface area contributed by atoms with Crippen molar-refractivity contribution in [3.8, 4) is 5.75 Å². The summed E-state index contributed by atoms with van der Waals surface area (Å²) in [5, 5.41) is 2.47. The maximum Gasteiger partial charge on any atom is 0.302 e. The van der Waals surface area contributed by atoms with Crippen LogP contribution in [0.5, 0.6) is 5.75 Å². The summed E-state index contributed by atoms with van der Waals surface area (Å²) in [4.78, 5) is 10.7. The Balaban J connectivity index is 1.84. The van der Waals surface area contributed by atoms with Crippen molar-refractivity contribution in [1.29, 1.82) is 0 Å². The van der Waals surface area contributed by atoms with E-state index in [4.69, 9.17) is 9.47 Å². The molecule has 2 aromatic carbocycles. The van der Waals surface area contributed by atoms with Crippen molar-refractivity contribution in [3.05, 3.63) is 42.0 Å². The predicted octanol–water partition coefficient (Wildman–Crippen LogP) is 4.51. The van der Waals surface area contributed by atoms with Gasteiger partial charge in [0.15, 0.2) is 0 Å². The molecule has 0 saturated heterocycles. The molecule has 0 aromatic heterocycles. The SMILES string of the molecule is COc1cc2ccccc2cc1CCCCCCOC(C)=O. The second-order valence-corrected chi connectivity index (χ2v) is 5.52. The Bertz CT molecular complexity index is 619. The lowest BCUT2D eigenvalue weighted by Crippen LogP contribution is -2.00. The van der Waals surface area contributed by atoms with E-state index in [0.717, 1.165) is 37.9 Å². The minimum Gasteiger partial charge on any atom is -0.496 e. The first-order valence-corrected chi connectivity index (χ1v) is 7.89. The van der Waals surface area contributed by atoms with E-state index in [9.17, 15) is 4.79 Å². The number of unbranched alkanes of at least 4 members (excludes halogenated alkanes) is 3. The Labute approximate surface area is 132 Å². The summed E-state index contributed by atoms with van der Waals surface area (Å²) in [5.74, 6) is 0.777. The average molecular weight is 300 g/mol. The molecular weight excluding hydrogens is 276 g/mol. The number of fused-ring (bicyclic) bond motifs is 1. The fourth-order valence-electron chi connectivity index (χ4n) is 2.64. The van der Waals surface area contributed by atoms with Gasteiger partial charge >= 0.3 is 5.97 Å². The normalized spacial score (nSPS) is 10.6. The minimum absolute atomic E-state index is 0.194. The van der Waals surface area contributed by atoms with Gasteiger partial charge in [0.2, 0.25) is 0 Å². The lowest BCUT2D eigenvalue weighted by Gasteiger charge is -2.10. The molecule has 0 amide bonds. The number of hydrogen-bond acceptors (Lipinski definition) is 3. The molecule has 3 heteroatoms. The van der Waals surface area contributed by atoms with Crippen LogP contribution >= 0.6 is 0 Å². The van der Waals surface area contributed by atoms with Crippen molar-refractivity contribution >= 4 is 16.7 Å². The van der Waals surface area contributed by atoms with Crippen LogP contribution in [0.3, 0.4) is 0 Å². The molecule has 2 aromatic rings. The predicted molar refractivity (Wildman–Crippen MR) is 89.3 cm³/mol. The fraction of sp³-hybridized carbons (Fsp3) is 0.421. The number of benzene rings is 2. The van der Waals surface area contributed by atoms with Gasteiger partial charge in [-0.1, -0.05) is 37.1 Å². The van der Waals surface area contributed by atoms with Gasteiger partial charge in [-0.3, -0.25) is 4.79 Å². The molecule has 0 saturated carbocycles. The Kier molecular flexibility index (Phi) is 6.26. The van der Waals surface area contributed by atoms with Crippen LogP contribution < -0.4 is 4.74 Å². The average Bonchev–Trinajstić information content (AvgIpc) is 2.52. The van der Waals surface area contributed by atoms with Crippen LogP contribution in [0.25, 0.3) is 10.8 Å². The number of rotatable bonds is 8. The Hall–Kier alpha value is -2.03. The molecule has 0 N–H and O–H groups in total. The molecule has 0 atom stereocenters. The number of aryl methyl sites for hydroxylation is 1. The molecule has 2 rings (SSSR count). The van der Waals surface area contributed by atoms with Crippen molar-refractivity contribution < 1.29 is 14.3 Å². The standard InChI is InChI=1S/C19H24O3/c1-15(20)22-12-8-4-3-5-11-18-13-16-9-6-7-10-17(16)14-19(18)21-2/h6-7,9-10,13-14H,3-5,8,11-12H2,1-2H3. The molecule has 0 aliphatic rings. The summed E-state index contributed by atoms with van der Waals surface area (Å²) >= 11 is 0. The zero-order chi connectivity index (χ0) is 15.8. The van der Waals surface area contributed by atoms with Crippen LogP contribution in [0.4, 0.5) is 0 Å². The van der Waals surface area contributed by atoms with Gasteiger partial charge in [0.1, 0.15) is 5.75 Å². The minimum atomic E-state index is -0.194. The summed E-state index contributed by atoms with van der Waals surface area (Å²) in [6.45, 7) is 1.99. The first kappa shape index (κ1) is 16.3. The summed E-state index contributed by atoms with van der Waals surface area (Å²) in [5.41, 5.74) is 1.26. The number of methoxy groups -OCH3 is 1. The van der Waals surface area contributed by atoms with Gasteiger partial charge in [-0.05, 0) is 47.7 Å². The third-order valence-corrected chi connectivity index (χ3v) is 3.79. The highest BCUT2D eigenvalue weighted by atomic mass is 16.5. The highest BCUT2D eigenvalue weighted by molar-refractivity contribution is 5.85. The monoisotopic (exact) mass is 300 g/mol. The summed E-state index contributed by atoms with van der Waals surface area (Å²) in [6.07, 6.45) is 5.30. The molecule has 0 fully saturated rings. The number of ether oxygens (including phenoxy) is 2. The Morgan fingerprint density at radius 2 is 1.68 bits per heavy atom. The Morgan fingerprint density at radius 1 is 1.00 bits per heavy atom. The molecular formula is C19H24O3. The summed E-state index contributed by atoms with van der Waals surface area (Å²) in [6, 6.07) is 12.7. The molecule has 3 nitrogen and oxygen atoms in total. The quantitative estimate of drug-likeness (QED) is 0.531. The van der Waals surface area contributed by atoms with Gasteiger partial charge in [-0.2, -0.15) is 0 Å². The van der Waals surface area contributed by atoms with Crippen LogP contribution in [-0.2, 0) is 16.0 Å². The Morgan fingerprint density at radius 3 is 2.36 bits per heavy atom. The molecule has 0 radical (unpaired) electrons. The van der Waals surface area contributed by atoms with Crippen molar-refractivity contribution in [2.75, 3.05) is 13.7 Å². The van der Waals surface area contributed by atoms with E-state index in [1.54, 1.807) is 7.11 Å². The van der Waals surface area contributed by atoms with Crippen molar-refractivity contribution in [3.63, 3.8) is 0 Å². The van der Waals surface area contributed by atoms with E-state index in [1.165, 1.54) is 23.3 Å². The topological polar surface area (TPSA) is 35.5 Å². The first-order chi connectivity index (χ1) is 10.7. The van der Waals surface area contributed by atoms with E-state index in [0.29, 0.717) is 6.61 Å². The largest absolute Gasteiger partial charge is 0.496 e. The van der Waals surface area contributed by atoms with E-state index < -0.39 is 0 Å². The van der Waals surface area contributed by atoms with Crippen LogP contribution in [0.15, 0.2) is 36.4 Å². The smallest absolute Gasteiger partial charge is 0.302 e. The lowest BCUT2D eigenvalue weighted by molar-refractivity contribution is -0.141. The zero-order valence-electron chi connectivity index (χ0n) is 13.4. The molecule has 0 aliphatic carbocycles.